The first-order valence-corrected chi connectivity index (χ1v) is 13.6. The predicted octanol–water partition coefficient (Wildman–Crippen LogP) is 1.09. The van der Waals surface area contributed by atoms with E-state index in [2.05, 4.69) is 0 Å². The summed E-state index contributed by atoms with van der Waals surface area (Å²) in [4.78, 5) is 23.6. The Morgan fingerprint density at radius 2 is 0.800 bits per heavy atom. The molecule has 0 atom stereocenters. The molecule has 0 saturated heterocycles. The average molecular weight is 586 g/mol. The van der Waals surface area contributed by atoms with Gasteiger partial charge in [-0.05, 0) is 20.8 Å². The third-order valence-corrected chi connectivity index (χ3v) is 4.48. The van der Waals surface area contributed by atoms with Gasteiger partial charge in [0, 0.05) is 13.6 Å². The quantitative estimate of drug-likeness (QED) is 0.125. The number of ether oxygens (including phenoxy) is 10. The summed E-state index contributed by atoms with van der Waals surface area (Å²) in [7, 11) is 1.67. The van der Waals surface area contributed by atoms with Crippen molar-refractivity contribution in [3.63, 3.8) is 0 Å². The first-order valence-electron chi connectivity index (χ1n) is 13.6. The first-order chi connectivity index (χ1) is 19.2. The number of carboxylic acid groups (broad SMARTS) is 1. The number of carbonyl (C=O) groups excluding carboxylic acids is 1. The van der Waals surface area contributed by atoms with Gasteiger partial charge in [-0.2, -0.15) is 0 Å². The van der Waals surface area contributed by atoms with Crippen molar-refractivity contribution in [2.45, 2.75) is 26.4 Å². The third-order valence-electron chi connectivity index (χ3n) is 4.48. The highest BCUT2D eigenvalue weighted by molar-refractivity contribution is 5.68. The highest BCUT2D eigenvalue weighted by Gasteiger charge is 2.19. The van der Waals surface area contributed by atoms with Crippen LogP contribution in [0, 0.1) is 0 Å². The summed E-state index contributed by atoms with van der Waals surface area (Å²) in [5.74, 6) is -0.999. The van der Waals surface area contributed by atoms with Crippen molar-refractivity contribution in [1.82, 2.24) is 4.90 Å². The molecule has 238 valence electrons. The van der Waals surface area contributed by atoms with Crippen LogP contribution in [0.15, 0.2) is 0 Å². The molecule has 14 nitrogen and oxygen atoms in total. The van der Waals surface area contributed by atoms with Gasteiger partial charge < -0.3 is 57.4 Å². The Balaban J connectivity index is 3.17. The van der Waals surface area contributed by atoms with E-state index in [4.69, 9.17) is 52.5 Å². The molecule has 0 aromatic heterocycles. The van der Waals surface area contributed by atoms with Crippen LogP contribution in [0.3, 0.4) is 0 Å². The molecule has 0 aromatic carbocycles. The van der Waals surface area contributed by atoms with Gasteiger partial charge in [0.1, 0.15) is 12.2 Å². The van der Waals surface area contributed by atoms with E-state index in [-0.39, 0.29) is 19.3 Å². The minimum absolute atomic E-state index is 0.238. The van der Waals surface area contributed by atoms with E-state index >= 15 is 0 Å². The lowest BCUT2D eigenvalue weighted by atomic mass is 10.2. The van der Waals surface area contributed by atoms with Gasteiger partial charge in [-0.25, -0.2) is 9.59 Å². The molecule has 1 amide bonds. The first kappa shape index (κ1) is 38.4. The SMILES string of the molecule is CN(CCOCCOCCOCCOCCOCCOCCOCCOCCOCC(=O)O)C(=O)OC(C)(C)C. The highest BCUT2D eigenvalue weighted by Crippen LogP contribution is 2.08. The molecule has 0 spiro atoms. The number of hydrogen-bond acceptors (Lipinski definition) is 12. The Morgan fingerprint density at radius 3 is 1.07 bits per heavy atom. The molecular weight excluding hydrogens is 534 g/mol. The number of amides is 1. The van der Waals surface area contributed by atoms with Crippen molar-refractivity contribution in [1.29, 1.82) is 0 Å². The molecule has 0 saturated carbocycles. The summed E-state index contributed by atoms with van der Waals surface area (Å²) in [6.45, 7) is 13.0. The van der Waals surface area contributed by atoms with Crippen molar-refractivity contribution in [2.75, 3.05) is 133 Å². The normalized spacial score (nSPS) is 11.6. The molecule has 0 rings (SSSR count). The summed E-state index contributed by atoms with van der Waals surface area (Å²) < 4.78 is 53.3. The smallest absolute Gasteiger partial charge is 0.410 e. The largest absolute Gasteiger partial charge is 0.480 e. The highest BCUT2D eigenvalue weighted by atomic mass is 16.6. The fraction of sp³-hybridized carbons (Fsp3) is 0.923. The van der Waals surface area contributed by atoms with Crippen molar-refractivity contribution < 1.29 is 62.1 Å². The molecule has 0 unspecified atom stereocenters. The van der Waals surface area contributed by atoms with E-state index in [1.165, 1.54) is 4.90 Å². The molecule has 0 aromatic rings. The standard InChI is InChI=1S/C26H51NO13/c1-26(2,3)40-25(30)27(4)5-6-31-7-8-32-9-10-33-11-12-34-13-14-35-15-16-36-17-18-37-19-20-38-21-22-39-23-24(28)29/h5-23H2,1-4H3,(H,28,29). The van der Waals surface area contributed by atoms with Crippen molar-refractivity contribution >= 4 is 12.1 Å². The molecule has 0 aliphatic heterocycles. The lowest BCUT2D eigenvalue weighted by Crippen LogP contribution is -2.36. The number of carboxylic acids is 1. The summed E-state index contributed by atoms with van der Waals surface area (Å²) in [5.41, 5.74) is -0.513. The Hall–Kier alpha value is -1.62. The second-order valence-electron chi connectivity index (χ2n) is 9.25. The van der Waals surface area contributed by atoms with Crippen molar-refractivity contribution in [2.24, 2.45) is 0 Å². The van der Waals surface area contributed by atoms with E-state index in [1.54, 1.807) is 7.05 Å². The van der Waals surface area contributed by atoms with E-state index in [1.807, 2.05) is 20.8 Å². The molecule has 0 radical (unpaired) electrons. The van der Waals surface area contributed by atoms with Gasteiger partial charge in [-0.1, -0.05) is 0 Å². The summed E-state index contributed by atoms with van der Waals surface area (Å²) in [6.07, 6.45) is -0.370. The van der Waals surface area contributed by atoms with Gasteiger partial charge in [0.15, 0.2) is 0 Å². The van der Waals surface area contributed by atoms with Gasteiger partial charge in [-0.3, -0.25) is 0 Å². The van der Waals surface area contributed by atoms with Crippen LogP contribution in [0.2, 0.25) is 0 Å². The fourth-order valence-electron chi connectivity index (χ4n) is 2.55. The van der Waals surface area contributed by atoms with Gasteiger partial charge in [0.05, 0.1) is 112 Å². The molecule has 1 N–H and O–H groups in total. The number of hydrogen-bond donors (Lipinski definition) is 1. The number of carbonyl (C=O) groups is 2. The molecule has 0 heterocycles. The van der Waals surface area contributed by atoms with Gasteiger partial charge in [0.2, 0.25) is 0 Å². The Bertz CT molecular complexity index is 589. The Morgan fingerprint density at radius 1 is 0.525 bits per heavy atom. The Kier molecular flexibility index (Phi) is 26.4. The van der Waals surface area contributed by atoms with Crippen LogP contribution in [-0.4, -0.2) is 160 Å². The molecule has 40 heavy (non-hydrogen) atoms. The molecular formula is C26H51NO13. The van der Waals surface area contributed by atoms with Crippen LogP contribution in [0.4, 0.5) is 4.79 Å². The van der Waals surface area contributed by atoms with E-state index < -0.39 is 11.6 Å². The topological polar surface area (TPSA) is 150 Å². The van der Waals surface area contributed by atoms with Crippen LogP contribution in [-0.2, 0) is 52.2 Å². The maximum atomic E-state index is 11.8. The van der Waals surface area contributed by atoms with Crippen LogP contribution in [0.5, 0.6) is 0 Å². The van der Waals surface area contributed by atoms with Crippen LogP contribution >= 0.6 is 0 Å². The molecule has 14 heteroatoms. The van der Waals surface area contributed by atoms with E-state index in [0.29, 0.717) is 112 Å². The summed E-state index contributed by atoms with van der Waals surface area (Å²) >= 11 is 0. The van der Waals surface area contributed by atoms with Crippen LogP contribution < -0.4 is 0 Å². The van der Waals surface area contributed by atoms with Gasteiger partial charge in [0.25, 0.3) is 0 Å². The lowest BCUT2D eigenvalue weighted by molar-refractivity contribution is -0.142. The number of aliphatic carboxylic acids is 1. The van der Waals surface area contributed by atoms with Crippen molar-refractivity contribution in [3.05, 3.63) is 0 Å². The summed E-state index contributed by atoms with van der Waals surface area (Å²) in [6, 6.07) is 0. The second kappa shape index (κ2) is 27.5. The fourth-order valence-corrected chi connectivity index (χ4v) is 2.55. The number of likely N-dealkylation sites (N-methyl/N-ethyl adjacent to an activating group) is 1. The predicted molar refractivity (Wildman–Crippen MR) is 144 cm³/mol. The minimum atomic E-state index is -0.999. The lowest BCUT2D eigenvalue weighted by Gasteiger charge is -2.24. The van der Waals surface area contributed by atoms with Gasteiger partial charge in [-0.15, -0.1) is 0 Å². The minimum Gasteiger partial charge on any atom is -0.480 e. The maximum absolute atomic E-state index is 11.8. The zero-order valence-corrected chi connectivity index (χ0v) is 24.7. The van der Waals surface area contributed by atoms with Crippen molar-refractivity contribution in [3.8, 4) is 0 Å². The monoisotopic (exact) mass is 585 g/mol. The zero-order chi connectivity index (χ0) is 29.7. The number of nitrogens with zero attached hydrogens (tertiary/aromatic N) is 1. The van der Waals surface area contributed by atoms with E-state index in [9.17, 15) is 9.59 Å². The number of rotatable bonds is 29. The zero-order valence-electron chi connectivity index (χ0n) is 24.7. The molecule has 0 fully saturated rings. The average Bonchev–Trinajstić information content (AvgIpc) is 2.89. The second-order valence-corrected chi connectivity index (χ2v) is 9.25. The molecule has 0 aliphatic carbocycles. The summed E-state index contributed by atoms with van der Waals surface area (Å²) in [5, 5.41) is 8.41. The Labute approximate surface area is 238 Å². The van der Waals surface area contributed by atoms with Gasteiger partial charge >= 0.3 is 12.1 Å². The molecule has 0 bridgehead atoms. The molecule has 0 aliphatic rings. The van der Waals surface area contributed by atoms with E-state index in [0.717, 1.165) is 0 Å². The third kappa shape index (κ3) is 30.9. The maximum Gasteiger partial charge on any atom is 0.410 e. The van der Waals surface area contributed by atoms with Crippen LogP contribution in [0.25, 0.3) is 0 Å². The van der Waals surface area contributed by atoms with Crippen LogP contribution in [0.1, 0.15) is 20.8 Å².